The van der Waals surface area contributed by atoms with Crippen molar-refractivity contribution in [2.75, 3.05) is 0 Å². The zero-order valence-electron chi connectivity index (χ0n) is 10.2. The molecule has 0 fully saturated rings. The van der Waals surface area contributed by atoms with Crippen LogP contribution in [-0.2, 0) is 13.1 Å². The van der Waals surface area contributed by atoms with E-state index in [4.69, 9.17) is 0 Å². The lowest BCUT2D eigenvalue weighted by Crippen LogP contribution is -2.04. The predicted octanol–water partition coefficient (Wildman–Crippen LogP) is 3.05. The summed E-state index contributed by atoms with van der Waals surface area (Å²) in [5.74, 6) is -0.196. The maximum atomic E-state index is 13.1. The Balaban J connectivity index is 2.00. The van der Waals surface area contributed by atoms with Gasteiger partial charge in [-0.3, -0.25) is 0 Å². The van der Waals surface area contributed by atoms with Gasteiger partial charge in [0.1, 0.15) is 5.82 Å². The number of imidazole rings is 1. The highest BCUT2D eigenvalue weighted by atomic mass is 19.1. The number of halogens is 1. The SMILES string of the molecule is CCn1cncc1Cn1ccc2cc(F)ccc21. The van der Waals surface area contributed by atoms with Gasteiger partial charge in [-0.05, 0) is 31.2 Å². The lowest BCUT2D eigenvalue weighted by atomic mass is 10.2. The molecule has 3 aromatic rings. The van der Waals surface area contributed by atoms with Crippen LogP contribution in [0.15, 0.2) is 43.0 Å². The van der Waals surface area contributed by atoms with Crippen molar-refractivity contribution in [2.45, 2.75) is 20.0 Å². The topological polar surface area (TPSA) is 22.8 Å². The van der Waals surface area contributed by atoms with E-state index in [9.17, 15) is 4.39 Å². The van der Waals surface area contributed by atoms with Gasteiger partial charge in [0.2, 0.25) is 0 Å². The Morgan fingerprint density at radius 1 is 1.22 bits per heavy atom. The fourth-order valence-electron chi connectivity index (χ4n) is 2.25. The summed E-state index contributed by atoms with van der Waals surface area (Å²) >= 11 is 0. The van der Waals surface area contributed by atoms with E-state index in [0.717, 1.165) is 29.7 Å². The van der Waals surface area contributed by atoms with Gasteiger partial charge in [-0.25, -0.2) is 9.37 Å². The highest BCUT2D eigenvalue weighted by Gasteiger charge is 2.05. The van der Waals surface area contributed by atoms with E-state index < -0.39 is 0 Å². The number of nitrogens with zero attached hydrogens (tertiary/aromatic N) is 3. The molecular weight excluding hydrogens is 229 g/mol. The minimum Gasteiger partial charge on any atom is -0.341 e. The van der Waals surface area contributed by atoms with Gasteiger partial charge in [-0.1, -0.05) is 0 Å². The van der Waals surface area contributed by atoms with Gasteiger partial charge in [0.15, 0.2) is 0 Å². The van der Waals surface area contributed by atoms with Gasteiger partial charge in [0, 0.05) is 29.8 Å². The summed E-state index contributed by atoms with van der Waals surface area (Å²) in [6, 6.07) is 6.81. The summed E-state index contributed by atoms with van der Waals surface area (Å²) in [6.07, 6.45) is 5.69. The third kappa shape index (κ3) is 1.79. The first-order valence-electron chi connectivity index (χ1n) is 6.01. The second-order valence-corrected chi connectivity index (χ2v) is 4.32. The molecule has 92 valence electrons. The molecule has 1 aromatic carbocycles. The van der Waals surface area contributed by atoms with Crippen molar-refractivity contribution >= 4 is 10.9 Å². The van der Waals surface area contributed by atoms with Crippen LogP contribution in [0.2, 0.25) is 0 Å². The molecule has 0 spiro atoms. The van der Waals surface area contributed by atoms with Crippen LogP contribution in [0.3, 0.4) is 0 Å². The largest absolute Gasteiger partial charge is 0.341 e. The number of aryl methyl sites for hydroxylation is 1. The number of aromatic nitrogens is 3. The molecule has 0 radical (unpaired) electrons. The molecule has 0 atom stereocenters. The molecule has 0 saturated carbocycles. The summed E-state index contributed by atoms with van der Waals surface area (Å²) in [7, 11) is 0. The van der Waals surface area contributed by atoms with Crippen molar-refractivity contribution in [1.29, 1.82) is 0 Å². The molecule has 0 aliphatic rings. The number of hydrogen-bond donors (Lipinski definition) is 0. The zero-order valence-corrected chi connectivity index (χ0v) is 10.2. The minimum atomic E-state index is -0.196. The lowest BCUT2D eigenvalue weighted by molar-refractivity contribution is 0.629. The fraction of sp³-hybridized carbons (Fsp3) is 0.214. The van der Waals surface area contributed by atoms with Crippen LogP contribution >= 0.6 is 0 Å². The van der Waals surface area contributed by atoms with Crippen LogP contribution in [0.1, 0.15) is 12.6 Å². The van der Waals surface area contributed by atoms with Crippen molar-refractivity contribution in [3.63, 3.8) is 0 Å². The Morgan fingerprint density at radius 2 is 2.11 bits per heavy atom. The van der Waals surface area contributed by atoms with Gasteiger partial charge >= 0.3 is 0 Å². The van der Waals surface area contributed by atoms with Gasteiger partial charge in [-0.15, -0.1) is 0 Å². The van der Waals surface area contributed by atoms with Crippen molar-refractivity contribution in [3.8, 4) is 0 Å². The first-order chi connectivity index (χ1) is 8.78. The molecule has 0 bridgehead atoms. The van der Waals surface area contributed by atoms with E-state index in [1.165, 1.54) is 6.07 Å². The Labute approximate surface area is 104 Å². The zero-order chi connectivity index (χ0) is 12.5. The van der Waals surface area contributed by atoms with Gasteiger partial charge in [0.25, 0.3) is 0 Å². The maximum Gasteiger partial charge on any atom is 0.123 e. The molecule has 0 saturated heterocycles. The monoisotopic (exact) mass is 243 g/mol. The van der Waals surface area contributed by atoms with Crippen LogP contribution < -0.4 is 0 Å². The normalized spacial score (nSPS) is 11.2. The standard InChI is InChI=1S/C14H14FN3/c1-2-17-10-16-8-13(17)9-18-6-5-11-7-12(15)3-4-14(11)18/h3-8,10H,2,9H2,1H3. The predicted molar refractivity (Wildman–Crippen MR) is 68.9 cm³/mol. The quantitative estimate of drug-likeness (QED) is 0.693. The molecule has 2 heterocycles. The summed E-state index contributed by atoms with van der Waals surface area (Å²) in [6.45, 7) is 3.75. The van der Waals surface area contributed by atoms with E-state index in [2.05, 4.69) is 21.0 Å². The smallest absolute Gasteiger partial charge is 0.123 e. The van der Waals surface area contributed by atoms with E-state index in [1.54, 1.807) is 6.07 Å². The van der Waals surface area contributed by atoms with Crippen molar-refractivity contribution in [1.82, 2.24) is 14.1 Å². The second kappa shape index (κ2) is 4.29. The molecule has 0 aliphatic heterocycles. The maximum absolute atomic E-state index is 13.1. The van der Waals surface area contributed by atoms with Crippen molar-refractivity contribution < 1.29 is 4.39 Å². The highest BCUT2D eigenvalue weighted by molar-refractivity contribution is 5.80. The summed E-state index contributed by atoms with van der Waals surface area (Å²) in [5, 5.41) is 0.928. The second-order valence-electron chi connectivity index (χ2n) is 4.32. The van der Waals surface area contributed by atoms with Gasteiger partial charge in [0.05, 0.1) is 18.6 Å². The van der Waals surface area contributed by atoms with Crippen LogP contribution in [0.5, 0.6) is 0 Å². The van der Waals surface area contributed by atoms with Crippen LogP contribution in [0.4, 0.5) is 4.39 Å². The van der Waals surface area contributed by atoms with Crippen LogP contribution in [0, 0.1) is 5.82 Å². The third-order valence-electron chi connectivity index (χ3n) is 3.20. The number of fused-ring (bicyclic) bond motifs is 1. The third-order valence-corrected chi connectivity index (χ3v) is 3.20. The van der Waals surface area contributed by atoms with Gasteiger partial charge in [-0.2, -0.15) is 0 Å². The van der Waals surface area contributed by atoms with Crippen molar-refractivity contribution in [3.05, 3.63) is 54.5 Å². The van der Waals surface area contributed by atoms with Crippen LogP contribution in [-0.4, -0.2) is 14.1 Å². The summed E-state index contributed by atoms with van der Waals surface area (Å²) in [5.41, 5.74) is 2.19. The minimum absolute atomic E-state index is 0.196. The summed E-state index contributed by atoms with van der Waals surface area (Å²) in [4.78, 5) is 4.16. The van der Waals surface area contributed by atoms with E-state index in [1.807, 2.05) is 30.9 Å². The molecule has 0 N–H and O–H groups in total. The molecule has 3 nitrogen and oxygen atoms in total. The van der Waals surface area contributed by atoms with E-state index >= 15 is 0 Å². The molecule has 18 heavy (non-hydrogen) atoms. The highest BCUT2D eigenvalue weighted by Crippen LogP contribution is 2.18. The molecule has 0 aliphatic carbocycles. The van der Waals surface area contributed by atoms with Gasteiger partial charge < -0.3 is 9.13 Å². The summed E-state index contributed by atoms with van der Waals surface area (Å²) < 4.78 is 17.3. The first kappa shape index (κ1) is 11.0. The van der Waals surface area contributed by atoms with E-state index in [-0.39, 0.29) is 5.82 Å². The Hall–Kier alpha value is -2.10. The molecular formula is C14H14FN3. The Bertz CT molecular complexity index is 681. The number of rotatable bonds is 3. The lowest BCUT2D eigenvalue weighted by Gasteiger charge is -2.07. The fourth-order valence-corrected chi connectivity index (χ4v) is 2.25. The molecule has 4 heteroatoms. The first-order valence-corrected chi connectivity index (χ1v) is 6.01. The average Bonchev–Trinajstić information content (AvgIpc) is 2.96. The Morgan fingerprint density at radius 3 is 2.94 bits per heavy atom. The van der Waals surface area contributed by atoms with Crippen molar-refractivity contribution in [2.24, 2.45) is 0 Å². The number of hydrogen-bond acceptors (Lipinski definition) is 1. The molecule has 2 aromatic heterocycles. The Kier molecular flexibility index (Phi) is 2.63. The molecule has 0 unspecified atom stereocenters. The van der Waals surface area contributed by atoms with E-state index in [0.29, 0.717) is 0 Å². The van der Waals surface area contributed by atoms with Crippen LogP contribution in [0.25, 0.3) is 10.9 Å². The molecule has 0 amide bonds. The average molecular weight is 243 g/mol. The number of benzene rings is 1. The molecule has 3 rings (SSSR count).